The summed E-state index contributed by atoms with van der Waals surface area (Å²) in [5.74, 6) is -1.49. The van der Waals surface area contributed by atoms with Gasteiger partial charge >= 0.3 is 0 Å². The number of carbonyl (C=O) groups is 3. The quantitative estimate of drug-likeness (QED) is 0.226. The van der Waals surface area contributed by atoms with Crippen LogP contribution in [0.1, 0.15) is 40.0 Å². The Hall–Kier alpha value is -1.97. The molecular formula is C21H31BrN6O7. The van der Waals surface area contributed by atoms with Gasteiger partial charge in [0, 0.05) is 20.0 Å². The van der Waals surface area contributed by atoms with Crippen LogP contribution in [0.4, 0.5) is 0 Å². The Balaban J connectivity index is 1.86. The van der Waals surface area contributed by atoms with Crippen molar-refractivity contribution in [3.05, 3.63) is 0 Å². The SMILES string of the molecule is CC(=O)N1C2N([C@@H]3O[C@H](CO)C(O)C3O)C=NC2(C(C)=O)C(NN2CCCCC2)=NC1(Br)C(C)=O. The molecule has 14 heteroatoms. The average molecular weight is 559 g/mol. The Bertz CT molecular complexity index is 958. The predicted molar refractivity (Wildman–Crippen MR) is 126 cm³/mol. The van der Waals surface area contributed by atoms with E-state index in [0.29, 0.717) is 13.1 Å². The number of hydrogen-bond acceptors (Lipinski definition) is 12. The smallest absolute Gasteiger partial charge is 0.253 e. The second kappa shape index (κ2) is 9.48. The number of rotatable bonds is 5. The molecule has 4 aliphatic rings. The summed E-state index contributed by atoms with van der Waals surface area (Å²) in [5, 5.41) is 32.5. The molecule has 0 radical (unpaired) electrons. The minimum Gasteiger partial charge on any atom is -0.394 e. The third kappa shape index (κ3) is 4.00. The highest BCUT2D eigenvalue weighted by Crippen LogP contribution is 2.45. The number of fused-ring (bicyclic) bond motifs is 1. The number of nitrogens with one attached hydrogen (secondary N) is 1. The fraction of sp³-hybridized carbons (Fsp3) is 0.762. The summed E-state index contributed by atoms with van der Waals surface area (Å²) in [6.07, 6.45) is -2.35. The largest absolute Gasteiger partial charge is 0.394 e. The second-order valence-corrected chi connectivity index (χ2v) is 10.4. The van der Waals surface area contributed by atoms with Crippen LogP contribution in [0.2, 0.25) is 0 Å². The summed E-state index contributed by atoms with van der Waals surface area (Å²) in [5.41, 5.74) is 1.42. The van der Waals surface area contributed by atoms with E-state index in [1.807, 2.05) is 5.01 Å². The van der Waals surface area contributed by atoms with Crippen LogP contribution in [0.15, 0.2) is 9.98 Å². The van der Waals surface area contributed by atoms with Crippen molar-refractivity contribution in [2.45, 2.75) is 80.9 Å². The Morgan fingerprint density at radius 2 is 1.80 bits per heavy atom. The van der Waals surface area contributed by atoms with Crippen molar-refractivity contribution in [3.63, 3.8) is 0 Å². The summed E-state index contributed by atoms with van der Waals surface area (Å²) in [7, 11) is 0. The lowest BCUT2D eigenvalue weighted by atomic mass is 9.86. The van der Waals surface area contributed by atoms with E-state index in [-0.39, 0.29) is 5.84 Å². The van der Waals surface area contributed by atoms with Crippen molar-refractivity contribution in [3.8, 4) is 0 Å². The molecule has 13 nitrogen and oxygen atoms in total. The number of aliphatic imine (C=N–C) groups is 2. The maximum Gasteiger partial charge on any atom is 0.253 e. The molecule has 0 aromatic carbocycles. The molecule has 4 rings (SSSR count). The molecule has 1 amide bonds. The van der Waals surface area contributed by atoms with Crippen molar-refractivity contribution in [2.75, 3.05) is 19.7 Å². The Morgan fingerprint density at radius 3 is 2.31 bits per heavy atom. The molecule has 0 aliphatic carbocycles. The number of carbonyl (C=O) groups excluding carboxylic acids is 3. The zero-order chi connectivity index (χ0) is 25.7. The minimum absolute atomic E-state index is 0.0759. The van der Waals surface area contributed by atoms with Crippen LogP contribution in [0.3, 0.4) is 0 Å². The molecule has 0 bridgehead atoms. The number of aliphatic hydroxyl groups is 3. The molecule has 7 atom stereocenters. The van der Waals surface area contributed by atoms with Crippen LogP contribution < -0.4 is 5.43 Å². The van der Waals surface area contributed by atoms with E-state index >= 15 is 0 Å². The van der Waals surface area contributed by atoms with Crippen molar-refractivity contribution in [1.29, 1.82) is 0 Å². The lowest BCUT2D eigenvalue weighted by Crippen LogP contribution is -2.76. The highest BCUT2D eigenvalue weighted by atomic mass is 79.9. The van der Waals surface area contributed by atoms with Crippen LogP contribution in [-0.2, 0) is 19.1 Å². The van der Waals surface area contributed by atoms with E-state index in [1.165, 1.54) is 32.0 Å². The van der Waals surface area contributed by atoms with Crippen molar-refractivity contribution >= 4 is 45.6 Å². The third-order valence-corrected chi connectivity index (χ3v) is 8.11. The van der Waals surface area contributed by atoms with Crippen molar-refractivity contribution in [1.82, 2.24) is 20.2 Å². The maximum atomic E-state index is 13.3. The fourth-order valence-electron chi connectivity index (χ4n) is 5.12. The fourth-order valence-corrected chi connectivity index (χ4v) is 5.74. The van der Waals surface area contributed by atoms with E-state index in [4.69, 9.17) is 4.74 Å². The third-order valence-electron chi connectivity index (χ3n) is 6.99. The van der Waals surface area contributed by atoms with Crippen LogP contribution in [0.25, 0.3) is 0 Å². The minimum atomic E-state index is -1.87. The van der Waals surface area contributed by atoms with Gasteiger partial charge in [0.15, 0.2) is 29.8 Å². The van der Waals surface area contributed by atoms with E-state index < -0.39 is 64.9 Å². The van der Waals surface area contributed by atoms with E-state index in [9.17, 15) is 29.7 Å². The van der Waals surface area contributed by atoms with Crippen LogP contribution in [-0.4, -0.2) is 120 Å². The number of halogens is 1. The molecule has 0 saturated carbocycles. The topological polar surface area (TPSA) is 168 Å². The van der Waals surface area contributed by atoms with Gasteiger partial charge in [0.05, 0.1) is 12.9 Å². The lowest BCUT2D eigenvalue weighted by molar-refractivity contribution is -0.159. The number of hydrogen-bond donors (Lipinski definition) is 4. The number of Topliss-reactive ketones (excluding diaryl/α,β-unsaturated/α-hetero) is 2. The van der Waals surface area contributed by atoms with Crippen LogP contribution in [0, 0.1) is 0 Å². The van der Waals surface area contributed by atoms with Gasteiger partial charge in [-0.15, -0.1) is 0 Å². The molecule has 194 valence electrons. The maximum absolute atomic E-state index is 13.3. The highest BCUT2D eigenvalue weighted by molar-refractivity contribution is 9.10. The highest BCUT2D eigenvalue weighted by Gasteiger charge is 2.67. The number of aliphatic hydroxyl groups excluding tert-OH is 3. The molecule has 35 heavy (non-hydrogen) atoms. The predicted octanol–water partition coefficient (Wildman–Crippen LogP) is -1.69. The summed E-state index contributed by atoms with van der Waals surface area (Å²) < 4.78 is 3.83. The van der Waals surface area contributed by atoms with Gasteiger partial charge in [0.2, 0.25) is 11.4 Å². The summed E-state index contributed by atoms with van der Waals surface area (Å²) in [6, 6.07) is 0. The Kier molecular flexibility index (Phi) is 7.07. The zero-order valence-electron chi connectivity index (χ0n) is 19.8. The average Bonchev–Trinajstić information content (AvgIpc) is 3.33. The van der Waals surface area contributed by atoms with Gasteiger partial charge < -0.3 is 30.4 Å². The molecule has 2 fully saturated rings. The summed E-state index contributed by atoms with van der Waals surface area (Å²) in [6.45, 7) is 4.62. The molecule has 4 N–H and O–H groups in total. The molecule has 0 aromatic rings. The van der Waals surface area contributed by atoms with Crippen LogP contribution in [0.5, 0.6) is 0 Å². The van der Waals surface area contributed by atoms with E-state index in [0.717, 1.165) is 24.2 Å². The lowest BCUT2D eigenvalue weighted by Gasteiger charge is -2.52. The number of amides is 1. The number of ether oxygens (including phenoxy) is 1. The van der Waals surface area contributed by atoms with E-state index in [1.54, 1.807) is 0 Å². The Labute approximate surface area is 210 Å². The Morgan fingerprint density at radius 1 is 1.14 bits per heavy atom. The first-order valence-corrected chi connectivity index (χ1v) is 12.4. The monoisotopic (exact) mass is 558 g/mol. The molecule has 0 aromatic heterocycles. The molecule has 2 saturated heterocycles. The van der Waals surface area contributed by atoms with Crippen molar-refractivity contribution < 1.29 is 34.4 Å². The number of piperidine rings is 1. The summed E-state index contributed by atoms with van der Waals surface area (Å²) in [4.78, 5) is 50.7. The standard InChI is InChI=1S/C21H31BrN6O7/c1-11(30)20-18(25-26-7-5-4-6-8-26)24-21(22,12(2)31)28(13(3)32)19(20)27(10-23-20)17-16(34)15(33)14(9-29)35-17/h10,14-17,19,29,33-34H,4-9H2,1-3H3,(H,24,25)/t14-,15?,16?,17-,19?,20?,21?/m1/s1. The number of nitrogens with zero attached hydrogens (tertiary/aromatic N) is 5. The van der Waals surface area contributed by atoms with Gasteiger partial charge in [0.1, 0.15) is 18.3 Å². The van der Waals surface area contributed by atoms with Gasteiger partial charge in [-0.25, -0.2) is 15.0 Å². The van der Waals surface area contributed by atoms with Gasteiger partial charge in [-0.1, -0.05) is 6.42 Å². The molecule has 4 aliphatic heterocycles. The van der Waals surface area contributed by atoms with Gasteiger partial charge in [-0.05, 0) is 42.6 Å². The number of ketones is 2. The first kappa shape index (κ1) is 26.1. The normalized spacial score (nSPS) is 39.4. The summed E-state index contributed by atoms with van der Waals surface area (Å²) >= 11 is 3.35. The van der Waals surface area contributed by atoms with Crippen LogP contribution >= 0.6 is 15.9 Å². The zero-order valence-corrected chi connectivity index (χ0v) is 21.4. The van der Waals surface area contributed by atoms with Gasteiger partial charge in [-0.3, -0.25) is 19.3 Å². The number of hydrazine groups is 1. The second-order valence-electron chi connectivity index (χ2n) is 9.27. The first-order chi connectivity index (χ1) is 16.5. The van der Waals surface area contributed by atoms with Gasteiger partial charge in [0.25, 0.3) is 4.57 Å². The molecular weight excluding hydrogens is 528 g/mol. The molecule has 5 unspecified atom stereocenters. The van der Waals surface area contributed by atoms with E-state index in [2.05, 4.69) is 31.3 Å². The first-order valence-electron chi connectivity index (χ1n) is 11.6. The number of alkyl halides is 1. The molecule has 0 spiro atoms. The molecule has 4 heterocycles. The number of amidine groups is 1. The van der Waals surface area contributed by atoms with Gasteiger partial charge in [-0.2, -0.15) is 0 Å². The van der Waals surface area contributed by atoms with Crippen molar-refractivity contribution in [2.24, 2.45) is 9.98 Å².